The van der Waals surface area contributed by atoms with E-state index in [-0.39, 0.29) is 5.95 Å². The second kappa shape index (κ2) is 4.67. The van der Waals surface area contributed by atoms with Gasteiger partial charge in [-0.05, 0) is 23.9 Å². The van der Waals surface area contributed by atoms with Crippen LogP contribution in [0, 0.1) is 6.92 Å². The van der Waals surface area contributed by atoms with Gasteiger partial charge in [0.05, 0.1) is 12.7 Å². The zero-order valence-corrected chi connectivity index (χ0v) is 10.3. The number of halogens is 1. The van der Waals surface area contributed by atoms with Crippen LogP contribution in [0.25, 0.3) is 0 Å². The van der Waals surface area contributed by atoms with Crippen LogP contribution >= 0.6 is 22.9 Å². The summed E-state index contributed by atoms with van der Waals surface area (Å²) in [5, 5.41) is 5.68. The topological polar surface area (TPSA) is 63.8 Å². The van der Waals surface area contributed by atoms with E-state index in [0.29, 0.717) is 17.4 Å². The standard InChI is InChI=1S/C10H11ClN4S/c1-6-2-3-16-8(6)5-13-9-7(11)4-14-10(12)15-9/h2-4H,5H2,1H3,(H3,12,13,14,15). The Hall–Kier alpha value is -1.33. The first kappa shape index (κ1) is 11.2. The lowest BCUT2D eigenvalue weighted by Gasteiger charge is -2.06. The van der Waals surface area contributed by atoms with E-state index in [1.807, 2.05) is 0 Å². The second-order valence-corrected chi connectivity index (χ2v) is 4.71. The van der Waals surface area contributed by atoms with Crippen LogP contribution in [0.3, 0.4) is 0 Å². The molecule has 2 heterocycles. The number of nitrogens with one attached hydrogen (secondary N) is 1. The van der Waals surface area contributed by atoms with Gasteiger partial charge in [0, 0.05) is 4.88 Å². The van der Waals surface area contributed by atoms with Gasteiger partial charge in [-0.2, -0.15) is 4.98 Å². The monoisotopic (exact) mass is 254 g/mol. The minimum absolute atomic E-state index is 0.217. The predicted octanol–water partition coefficient (Wildman–Crippen LogP) is 2.69. The van der Waals surface area contributed by atoms with E-state index in [1.165, 1.54) is 16.6 Å². The Balaban J connectivity index is 2.10. The zero-order chi connectivity index (χ0) is 11.5. The second-order valence-electron chi connectivity index (χ2n) is 3.31. The molecule has 0 saturated heterocycles. The normalized spacial score (nSPS) is 10.4. The van der Waals surface area contributed by atoms with E-state index < -0.39 is 0 Å². The highest BCUT2D eigenvalue weighted by atomic mass is 35.5. The van der Waals surface area contributed by atoms with Gasteiger partial charge >= 0.3 is 0 Å². The smallest absolute Gasteiger partial charge is 0.222 e. The lowest BCUT2D eigenvalue weighted by atomic mass is 10.3. The third-order valence-corrected chi connectivity index (χ3v) is 3.45. The van der Waals surface area contributed by atoms with Crippen molar-refractivity contribution in [1.82, 2.24) is 9.97 Å². The molecule has 3 N–H and O–H groups in total. The maximum atomic E-state index is 5.94. The van der Waals surface area contributed by atoms with Gasteiger partial charge in [0.25, 0.3) is 0 Å². The van der Waals surface area contributed by atoms with Gasteiger partial charge in [-0.3, -0.25) is 0 Å². The summed E-state index contributed by atoms with van der Waals surface area (Å²) >= 11 is 7.64. The summed E-state index contributed by atoms with van der Waals surface area (Å²) in [5.41, 5.74) is 6.75. The Labute approximate surface area is 102 Å². The van der Waals surface area contributed by atoms with Crippen LogP contribution in [0.5, 0.6) is 0 Å². The van der Waals surface area contributed by atoms with Gasteiger partial charge in [0.2, 0.25) is 5.95 Å². The van der Waals surface area contributed by atoms with Crippen LogP contribution in [0.4, 0.5) is 11.8 Å². The molecule has 2 aromatic heterocycles. The Bertz CT molecular complexity index is 497. The highest BCUT2D eigenvalue weighted by Crippen LogP contribution is 2.21. The Morgan fingerprint density at radius 1 is 1.56 bits per heavy atom. The van der Waals surface area contributed by atoms with Crippen molar-refractivity contribution >= 4 is 34.7 Å². The quantitative estimate of drug-likeness (QED) is 0.884. The lowest BCUT2D eigenvalue weighted by Crippen LogP contribution is -2.04. The number of thiophene rings is 1. The maximum absolute atomic E-state index is 5.94. The molecule has 0 saturated carbocycles. The molecule has 2 aromatic rings. The fourth-order valence-corrected chi connectivity index (χ4v) is 2.26. The minimum Gasteiger partial charge on any atom is -0.368 e. The molecule has 0 spiro atoms. The number of aromatic nitrogens is 2. The Morgan fingerprint density at radius 3 is 3.06 bits per heavy atom. The fourth-order valence-electron chi connectivity index (χ4n) is 1.25. The molecule has 0 radical (unpaired) electrons. The molecule has 2 rings (SSSR count). The SMILES string of the molecule is Cc1ccsc1CNc1nc(N)ncc1Cl. The van der Waals surface area contributed by atoms with Crippen molar-refractivity contribution < 1.29 is 0 Å². The molecule has 4 nitrogen and oxygen atoms in total. The maximum Gasteiger partial charge on any atom is 0.222 e. The van der Waals surface area contributed by atoms with Crippen LogP contribution in [0.15, 0.2) is 17.6 Å². The minimum atomic E-state index is 0.217. The van der Waals surface area contributed by atoms with Crippen LogP contribution in [0.1, 0.15) is 10.4 Å². The van der Waals surface area contributed by atoms with Crippen molar-refractivity contribution in [2.45, 2.75) is 13.5 Å². The van der Waals surface area contributed by atoms with Crippen LogP contribution in [-0.4, -0.2) is 9.97 Å². The molecule has 0 atom stereocenters. The van der Waals surface area contributed by atoms with Crippen LogP contribution in [-0.2, 0) is 6.54 Å². The summed E-state index contributed by atoms with van der Waals surface area (Å²) in [6.45, 7) is 2.77. The van der Waals surface area contributed by atoms with E-state index in [1.54, 1.807) is 11.3 Å². The number of hydrogen-bond donors (Lipinski definition) is 2. The van der Waals surface area contributed by atoms with Gasteiger partial charge in [0.1, 0.15) is 5.02 Å². The molecule has 0 aliphatic rings. The third-order valence-electron chi connectivity index (χ3n) is 2.15. The molecule has 84 valence electrons. The van der Waals surface area contributed by atoms with Gasteiger partial charge in [-0.1, -0.05) is 11.6 Å². The average Bonchev–Trinajstić information content (AvgIpc) is 2.66. The first-order valence-corrected chi connectivity index (χ1v) is 5.97. The van der Waals surface area contributed by atoms with Gasteiger partial charge < -0.3 is 11.1 Å². The average molecular weight is 255 g/mol. The van der Waals surface area contributed by atoms with Gasteiger partial charge in [0.15, 0.2) is 5.82 Å². The van der Waals surface area contributed by atoms with Gasteiger partial charge in [-0.25, -0.2) is 4.98 Å². The lowest BCUT2D eigenvalue weighted by molar-refractivity contribution is 1.10. The van der Waals surface area contributed by atoms with Crippen molar-refractivity contribution in [1.29, 1.82) is 0 Å². The van der Waals surface area contributed by atoms with E-state index >= 15 is 0 Å². The van der Waals surface area contributed by atoms with Crippen molar-refractivity contribution in [3.63, 3.8) is 0 Å². The summed E-state index contributed by atoms with van der Waals surface area (Å²) in [4.78, 5) is 9.09. The van der Waals surface area contributed by atoms with Crippen molar-refractivity contribution in [3.8, 4) is 0 Å². The fraction of sp³-hybridized carbons (Fsp3) is 0.200. The molecule has 0 bridgehead atoms. The first-order valence-electron chi connectivity index (χ1n) is 4.71. The molecule has 0 unspecified atom stereocenters. The van der Waals surface area contributed by atoms with Crippen molar-refractivity contribution in [3.05, 3.63) is 33.1 Å². The van der Waals surface area contributed by atoms with E-state index in [0.717, 1.165) is 0 Å². The molecule has 0 aliphatic carbocycles. The number of hydrogen-bond acceptors (Lipinski definition) is 5. The molecule has 0 aliphatic heterocycles. The largest absolute Gasteiger partial charge is 0.368 e. The van der Waals surface area contributed by atoms with Crippen LogP contribution < -0.4 is 11.1 Å². The molecule has 6 heteroatoms. The first-order chi connectivity index (χ1) is 7.66. The highest BCUT2D eigenvalue weighted by molar-refractivity contribution is 7.10. The van der Waals surface area contributed by atoms with E-state index in [2.05, 4.69) is 33.7 Å². The summed E-state index contributed by atoms with van der Waals surface area (Å²) < 4.78 is 0. The third kappa shape index (κ3) is 2.43. The van der Waals surface area contributed by atoms with E-state index in [4.69, 9.17) is 17.3 Å². The zero-order valence-electron chi connectivity index (χ0n) is 8.70. The van der Waals surface area contributed by atoms with Crippen LogP contribution in [0.2, 0.25) is 5.02 Å². The summed E-state index contributed by atoms with van der Waals surface area (Å²) in [5.74, 6) is 0.789. The number of nitrogen functional groups attached to an aromatic ring is 1. The summed E-state index contributed by atoms with van der Waals surface area (Å²) in [6.07, 6.45) is 1.49. The molecule has 0 fully saturated rings. The van der Waals surface area contributed by atoms with Gasteiger partial charge in [-0.15, -0.1) is 11.3 Å². The molecule has 0 amide bonds. The molecule has 16 heavy (non-hydrogen) atoms. The summed E-state index contributed by atoms with van der Waals surface area (Å²) in [6, 6.07) is 2.08. The summed E-state index contributed by atoms with van der Waals surface area (Å²) in [7, 11) is 0. The van der Waals surface area contributed by atoms with Crippen molar-refractivity contribution in [2.75, 3.05) is 11.1 Å². The number of rotatable bonds is 3. The Morgan fingerprint density at radius 2 is 2.38 bits per heavy atom. The van der Waals surface area contributed by atoms with E-state index in [9.17, 15) is 0 Å². The molecule has 0 aromatic carbocycles. The highest BCUT2D eigenvalue weighted by Gasteiger charge is 2.05. The Kier molecular flexibility index (Phi) is 3.26. The number of nitrogens with two attached hydrogens (primary N) is 1. The predicted molar refractivity (Wildman–Crippen MR) is 67.8 cm³/mol. The van der Waals surface area contributed by atoms with Crippen molar-refractivity contribution in [2.24, 2.45) is 0 Å². The number of aryl methyl sites for hydroxylation is 1. The number of anilines is 2. The molecular weight excluding hydrogens is 244 g/mol. The number of nitrogens with zero attached hydrogens (tertiary/aromatic N) is 2. The molecular formula is C10H11ClN4S.